The molecule has 0 aromatic heterocycles. The van der Waals surface area contributed by atoms with Gasteiger partial charge in [0.1, 0.15) is 10.7 Å². The summed E-state index contributed by atoms with van der Waals surface area (Å²) in [5, 5.41) is 0. The van der Waals surface area contributed by atoms with Crippen LogP contribution in [0.1, 0.15) is 32.3 Å². The molecule has 4 nitrogen and oxygen atoms in total. The van der Waals surface area contributed by atoms with Crippen LogP contribution in [-0.4, -0.2) is 25.3 Å². The predicted molar refractivity (Wildman–Crippen MR) is 76.0 cm³/mol. The summed E-state index contributed by atoms with van der Waals surface area (Å²) in [5.74, 6) is -0.422. The predicted octanol–water partition coefficient (Wildman–Crippen LogP) is 2.09. The van der Waals surface area contributed by atoms with Gasteiger partial charge in [-0.2, -0.15) is 4.31 Å². The van der Waals surface area contributed by atoms with Crippen molar-refractivity contribution in [3.63, 3.8) is 0 Å². The summed E-state index contributed by atoms with van der Waals surface area (Å²) in [6.45, 7) is 4.51. The normalized spacial score (nSPS) is 24.8. The van der Waals surface area contributed by atoms with E-state index in [1.807, 2.05) is 13.8 Å². The van der Waals surface area contributed by atoms with Gasteiger partial charge < -0.3 is 5.73 Å². The van der Waals surface area contributed by atoms with Crippen LogP contribution in [0.15, 0.2) is 23.1 Å². The average molecular weight is 300 g/mol. The lowest BCUT2D eigenvalue weighted by atomic mass is 9.97. The smallest absolute Gasteiger partial charge is 0.246 e. The Morgan fingerprint density at radius 3 is 2.70 bits per heavy atom. The molecule has 0 amide bonds. The molecule has 0 radical (unpaired) electrons. The van der Waals surface area contributed by atoms with Gasteiger partial charge in [0.05, 0.1) is 0 Å². The Morgan fingerprint density at radius 2 is 2.05 bits per heavy atom. The van der Waals surface area contributed by atoms with Crippen LogP contribution in [0, 0.1) is 11.7 Å². The monoisotopic (exact) mass is 300 g/mol. The number of rotatable bonds is 3. The Kier molecular flexibility index (Phi) is 4.46. The quantitative estimate of drug-likeness (QED) is 0.929. The largest absolute Gasteiger partial charge is 0.326 e. The van der Waals surface area contributed by atoms with Gasteiger partial charge in [0.15, 0.2) is 0 Å². The van der Waals surface area contributed by atoms with E-state index in [0.29, 0.717) is 18.0 Å². The highest BCUT2D eigenvalue weighted by atomic mass is 32.2. The van der Waals surface area contributed by atoms with E-state index in [9.17, 15) is 12.8 Å². The molecular weight excluding hydrogens is 279 g/mol. The lowest BCUT2D eigenvalue weighted by Crippen LogP contribution is -2.45. The van der Waals surface area contributed by atoms with E-state index in [1.165, 1.54) is 22.5 Å². The highest BCUT2D eigenvalue weighted by Crippen LogP contribution is 2.29. The number of hydrogen-bond acceptors (Lipinski definition) is 3. The van der Waals surface area contributed by atoms with Gasteiger partial charge in [-0.15, -0.1) is 0 Å². The molecule has 0 aliphatic carbocycles. The van der Waals surface area contributed by atoms with Gasteiger partial charge in [0.25, 0.3) is 0 Å². The molecule has 1 aromatic rings. The molecule has 20 heavy (non-hydrogen) atoms. The minimum absolute atomic E-state index is 0.0999. The zero-order chi connectivity index (χ0) is 14.9. The maximum atomic E-state index is 13.9. The summed E-state index contributed by atoms with van der Waals surface area (Å²) < 4.78 is 40.7. The SMILES string of the molecule is CC1CCC(C)N(S(=O)(=O)c2cc(CN)ccc2F)C1. The van der Waals surface area contributed by atoms with Crippen LogP contribution >= 0.6 is 0 Å². The zero-order valence-electron chi connectivity index (χ0n) is 11.8. The van der Waals surface area contributed by atoms with Crippen molar-refractivity contribution in [1.29, 1.82) is 0 Å². The zero-order valence-corrected chi connectivity index (χ0v) is 12.7. The summed E-state index contributed by atoms with van der Waals surface area (Å²) in [4.78, 5) is -0.263. The summed E-state index contributed by atoms with van der Waals surface area (Å²) in [6.07, 6.45) is 1.80. The molecule has 2 rings (SSSR count). The fourth-order valence-corrected chi connectivity index (χ4v) is 4.48. The van der Waals surface area contributed by atoms with Crippen LogP contribution in [-0.2, 0) is 16.6 Å². The molecule has 1 aromatic carbocycles. The van der Waals surface area contributed by atoms with Crippen LogP contribution in [0.4, 0.5) is 4.39 Å². The van der Waals surface area contributed by atoms with E-state index < -0.39 is 15.8 Å². The summed E-state index contributed by atoms with van der Waals surface area (Å²) in [6, 6.07) is 3.93. The molecular formula is C14H21FN2O2S. The van der Waals surface area contributed by atoms with Crippen LogP contribution in [0.5, 0.6) is 0 Å². The third-order valence-electron chi connectivity index (χ3n) is 3.88. The topological polar surface area (TPSA) is 63.4 Å². The molecule has 0 bridgehead atoms. The van der Waals surface area contributed by atoms with E-state index in [0.717, 1.165) is 12.8 Å². The van der Waals surface area contributed by atoms with Crippen LogP contribution in [0.25, 0.3) is 0 Å². The lowest BCUT2D eigenvalue weighted by Gasteiger charge is -2.35. The second-order valence-corrected chi connectivity index (χ2v) is 7.43. The Morgan fingerprint density at radius 1 is 1.35 bits per heavy atom. The van der Waals surface area contributed by atoms with Crippen LogP contribution < -0.4 is 5.73 Å². The number of halogens is 1. The van der Waals surface area contributed by atoms with Crippen LogP contribution in [0.3, 0.4) is 0 Å². The fraction of sp³-hybridized carbons (Fsp3) is 0.571. The lowest BCUT2D eigenvalue weighted by molar-refractivity contribution is 0.217. The van der Waals surface area contributed by atoms with Crippen molar-refractivity contribution in [3.05, 3.63) is 29.6 Å². The molecule has 0 saturated carbocycles. The van der Waals surface area contributed by atoms with Crippen molar-refractivity contribution < 1.29 is 12.8 Å². The van der Waals surface area contributed by atoms with Gasteiger partial charge >= 0.3 is 0 Å². The first-order valence-electron chi connectivity index (χ1n) is 6.86. The van der Waals surface area contributed by atoms with Crippen molar-refractivity contribution in [2.24, 2.45) is 11.7 Å². The van der Waals surface area contributed by atoms with Crippen molar-refractivity contribution in [2.75, 3.05) is 6.54 Å². The van der Waals surface area contributed by atoms with Gasteiger partial charge in [-0.25, -0.2) is 12.8 Å². The highest BCUT2D eigenvalue weighted by molar-refractivity contribution is 7.89. The Bertz CT molecular complexity index is 589. The van der Waals surface area contributed by atoms with E-state index in [4.69, 9.17) is 5.73 Å². The van der Waals surface area contributed by atoms with Gasteiger partial charge in [-0.05, 0) is 43.4 Å². The fourth-order valence-electron chi connectivity index (χ4n) is 2.58. The molecule has 2 N–H and O–H groups in total. The minimum atomic E-state index is -3.80. The molecule has 0 spiro atoms. The van der Waals surface area contributed by atoms with Crippen molar-refractivity contribution in [3.8, 4) is 0 Å². The maximum absolute atomic E-state index is 13.9. The Labute approximate surface area is 119 Å². The van der Waals surface area contributed by atoms with E-state index in [-0.39, 0.29) is 17.5 Å². The van der Waals surface area contributed by atoms with Crippen molar-refractivity contribution in [1.82, 2.24) is 4.31 Å². The van der Waals surface area contributed by atoms with Crippen molar-refractivity contribution in [2.45, 2.75) is 44.2 Å². The molecule has 2 unspecified atom stereocenters. The maximum Gasteiger partial charge on any atom is 0.246 e. The standard InChI is InChI=1S/C14H21FN2O2S/c1-10-3-4-11(2)17(9-10)20(18,19)14-7-12(8-16)5-6-13(14)15/h5-7,10-11H,3-4,8-9,16H2,1-2H3. The highest BCUT2D eigenvalue weighted by Gasteiger charge is 2.35. The number of hydrogen-bond donors (Lipinski definition) is 1. The first-order chi connectivity index (χ1) is 9.36. The molecule has 1 aliphatic rings. The van der Waals surface area contributed by atoms with E-state index >= 15 is 0 Å². The number of nitrogens with zero attached hydrogens (tertiary/aromatic N) is 1. The summed E-state index contributed by atoms with van der Waals surface area (Å²) in [7, 11) is -3.80. The average Bonchev–Trinajstić information content (AvgIpc) is 2.41. The minimum Gasteiger partial charge on any atom is -0.326 e. The molecule has 112 valence electrons. The second kappa shape index (κ2) is 5.79. The van der Waals surface area contributed by atoms with Crippen LogP contribution in [0.2, 0.25) is 0 Å². The molecule has 1 aliphatic heterocycles. The Balaban J connectivity index is 2.43. The molecule has 2 atom stereocenters. The third kappa shape index (κ3) is 2.87. The van der Waals surface area contributed by atoms with E-state index in [1.54, 1.807) is 0 Å². The number of piperidine rings is 1. The molecule has 1 heterocycles. The number of benzene rings is 1. The number of nitrogens with two attached hydrogens (primary N) is 1. The number of sulfonamides is 1. The van der Waals surface area contributed by atoms with Gasteiger partial charge in [0, 0.05) is 19.1 Å². The molecule has 1 fully saturated rings. The van der Waals surface area contributed by atoms with E-state index in [2.05, 4.69) is 0 Å². The first kappa shape index (κ1) is 15.4. The summed E-state index contributed by atoms with van der Waals surface area (Å²) in [5.41, 5.74) is 6.12. The molecule has 1 saturated heterocycles. The summed E-state index contributed by atoms with van der Waals surface area (Å²) >= 11 is 0. The van der Waals surface area contributed by atoms with Gasteiger partial charge in [-0.3, -0.25) is 0 Å². The van der Waals surface area contributed by atoms with Gasteiger partial charge in [0.2, 0.25) is 10.0 Å². The second-order valence-electron chi connectivity index (χ2n) is 5.58. The first-order valence-corrected chi connectivity index (χ1v) is 8.30. The molecule has 6 heteroatoms. The van der Waals surface area contributed by atoms with Crippen molar-refractivity contribution >= 4 is 10.0 Å². The third-order valence-corrected chi connectivity index (χ3v) is 5.87. The van der Waals surface area contributed by atoms with Gasteiger partial charge in [-0.1, -0.05) is 13.0 Å². The Hall–Kier alpha value is -0.980.